The zero-order valence-electron chi connectivity index (χ0n) is 13.4. The molecule has 0 unspecified atom stereocenters. The van der Waals surface area contributed by atoms with E-state index < -0.39 is 24.0 Å². The Kier molecular flexibility index (Phi) is 4.26. The Morgan fingerprint density at radius 2 is 2.17 bits per heavy atom. The second-order valence-corrected chi connectivity index (χ2v) is 6.21. The summed E-state index contributed by atoms with van der Waals surface area (Å²) in [6.07, 6.45) is 3.55. The van der Waals surface area contributed by atoms with Gasteiger partial charge in [0.05, 0.1) is 11.6 Å². The molecule has 1 aliphatic heterocycles. The standard InChI is InChI=1S/C18H18N2O4/c1-18(11-19,14-6-7-14)20-16(21)10-24-17(22)13-8-12-4-2-3-5-15(12)23-9-13/h2-5,8,14H,6-7,9-10H2,1H3,(H,20,21)/t18-/m0/s1. The fourth-order valence-electron chi connectivity index (χ4n) is 2.67. The number of carbonyl (C=O) groups excluding carboxylic acids is 2. The van der Waals surface area contributed by atoms with Gasteiger partial charge in [-0.2, -0.15) is 5.26 Å². The summed E-state index contributed by atoms with van der Waals surface area (Å²) in [6, 6.07) is 9.49. The number of carbonyl (C=O) groups is 2. The van der Waals surface area contributed by atoms with Crippen molar-refractivity contribution in [1.29, 1.82) is 5.26 Å². The van der Waals surface area contributed by atoms with Crippen LogP contribution in [0.5, 0.6) is 5.75 Å². The van der Waals surface area contributed by atoms with E-state index in [1.54, 1.807) is 13.0 Å². The van der Waals surface area contributed by atoms with Crippen LogP contribution >= 0.6 is 0 Å². The van der Waals surface area contributed by atoms with Crippen LogP contribution in [0.1, 0.15) is 25.3 Å². The van der Waals surface area contributed by atoms with Gasteiger partial charge in [0.15, 0.2) is 6.61 Å². The Morgan fingerprint density at radius 1 is 1.42 bits per heavy atom. The van der Waals surface area contributed by atoms with E-state index in [4.69, 9.17) is 9.47 Å². The first-order valence-electron chi connectivity index (χ1n) is 7.83. The molecule has 1 aliphatic carbocycles. The third-order valence-electron chi connectivity index (χ3n) is 4.25. The van der Waals surface area contributed by atoms with Crippen LogP contribution in [0.25, 0.3) is 6.08 Å². The number of nitrogens with zero attached hydrogens (tertiary/aromatic N) is 1. The second kappa shape index (κ2) is 6.36. The molecule has 0 radical (unpaired) electrons. The van der Waals surface area contributed by atoms with E-state index in [-0.39, 0.29) is 12.5 Å². The molecular weight excluding hydrogens is 308 g/mol. The van der Waals surface area contributed by atoms with Gasteiger partial charge in [0.25, 0.3) is 5.91 Å². The highest BCUT2D eigenvalue weighted by Gasteiger charge is 2.43. The summed E-state index contributed by atoms with van der Waals surface area (Å²) >= 11 is 0. The number of hydrogen-bond donors (Lipinski definition) is 1. The lowest BCUT2D eigenvalue weighted by molar-refractivity contribution is -0.145. The molecule has 6 heteroatoms. The van der Waals surface area contributed by atoms with Gasteiger partial charge in [-0.25, -0.2) is 4.79 Å². The van der Waals surface area contributed by atoms with Crippen molar-refractivity contribution in [3.8, 4) is 11.8 Å². The largest absolute Gasteiger partial charge is 0.488 e. The number of esters is 1. The van der Waals surface area contributed by atoms with Crippen LogP contribution in [0.15, 0.2) is 29.8 Å². The van der Waals surface area contributed by atoms with Crippen molar-refractivity contribution in [2.24, 2.45) is 5.92 Å². The molecule has 1 aromatic rings. The summed E-state index contributed by atoms with van der Waals surface area (Å²) in [6.45, 7) is 1.39. The van der Waals surface area contributed by atoms with Crippen molar-refractivity contribution < 1.29 is 19.1 Å². The molecule has 1 fully saturated rings. The topological polar surface area (TPSA) is 88.4 Å². The molecular formula is C18H18N2O4. The van der Waals surface area contributed by atoms with Gasteiger partial charge in [0, 0.05) is 5.56 Å². The van der Waals surface area contributed by atoms with Crippen molar-refractivity contribution in [3.63, 3.8) is 0 Å². The molecule has 1 heterocycles. The molecule has 0 aromatic heterocycles. The van der Waals surface area contributed by atoms with E-state index in [1.165, 1.54) is 0 Å². The lowest BCUT2D eigenvalue weighted by Gasteiger charge is -2.23. The lowest BCUT2D eigenvalue weighted by atomic mass is 9.98. The van der Waals surface area contributed by atoms with Gasteiger partial charge in [-0.15, -0.1) is 0 Å². The van der Waals surface area contributed by atoms with Gasteiger partial charge in [-0.3, -0.25) is 4.79 Å². The van der Waals surface area contributed by atoms with Crippen molar-refractivity contribution in [3.05, 3.63) is 35.4 Å². The fourth-order valence-corrected chi connectivity index (χ4v) is 2.67. The number of nitrogens with one attached hydrogen (secondary N) is 1. The molecule has 0 spiro atoms. The van der Waals surface area contributed by atoms with Crippen molar-refractivity contribution in [2.45, 2.75) is 25.3 Å². The maximum absolute atomic E-state index is 12.1. The van der Waals surface area contributed by atoms with Gasteiger partial charge in [-0.05, 0) is 37.8 Å². The van der Waals surface area contributed by atoms with E-state index in [0.717, 1.165) is 18.4 Å². The Balaban J connectivity index is 1.55. The predicted octanol–water partition coefficient (Wildman–Crippen LogP) is 1.81. The van der Waals surface area contributed by atoms with E-state index in [1.807, 2.05) is 24.3 Å². The van der Waals surface area contributed by atoms with Crippen LogP contribution in [0, 0.1) is 17.2 Å². The summed E-state index contributed by atoms with van der Waals surface area (Å²) in [7, 11) is 0. The fraction of sp³-hybridized carbons (Fsp3) is 0.389. The average Bonchev–Trinajstić information content (AvgIpc) is 3.44. The zero-order valence-corrected chi connectivity index (χ0v) is 13.4. The molecule has 2 aliphatic rings. The van der Waals surface area contributed by atoms with Crippen LogP contribution < -0.4 is 10.1 Å². The van der Waals surface area contributed by atoms with E-state index >= 15 is 0 Å². The van der Waals surface area contributed by atoms with Gasteiger partial charge in [0.1, 0.15) is 17.9 Å². The maximum atomic E-state index is 12.1. The van der Waals surface area contributed by atoms with Gasteiger partial charge in [0.2, 0.25) is 0 Å². The minimum absolute atomic E-state index is 0.107. The zero-order chi connectivity index (χ0) is 17.2. The summed E-state index contributed by atoms with van der Waals surface area (Å²) in [5, 5.41) is 11.9. The molecule has 6 nitrogen and oxygen atoms in total. The molecule has 1 aromatic carbocycles. The number of rotatable bonds is 5. The number of amides is 1. The lowest BCUT2D eigenvalue weighted by Crippen LogP contribution is -2.48. The van der Waals surface area contributed by atoms with Crippen LogP contribution in [0.4, 0.5) is 0 Å². The number of ether oxygens (including phenoxy) is 2. The molecule has 1 saturated carbocycles. The van der Waals surface area contributed by atoms with Gasteiger partial charge in [-0.1, -0.05) is 18.2 Å². The number of fused-ring (bicyclic) bond motifs is 1. The van der Waals surface area contributed by atoms with Crippen LogP contribution in [0.3, 0.4) is 0 Å². The minimum atomic E-state index is -0.893. The molecule has 1 atom stereocenters. The molecule has 1 N–H and O–H groups in total. The first-order valence-corrected chi connectivity index (χ1v) is 7.83. The third kappa shape index (κ3) is 3.40. The summed E-state index contributed by atoms with van der Waals surface area (Å²) < 4.78 is 10.5. The summed E-state index contributed by atoms with van der Waals surface area (Å²) in [5.74, 6) is -0.184. The number of benzene rings is 1. The Bertz CT molecular complexity index is 746. The Hall–Kier alpha value is -2.81. The van der Waals surface area contributed by atoms with E-state index in [9.17, 15) is 14.9 Å². The minimum Gasteiger partial charge on any atom is -0.488 e. The number of para-hydroxylation sites is 1. The molecule has 3 rings (SSSR count). The number of nitriles is 1. The molecule has 24 heavy (non-hydrogen) atoms. The van der Waals surface area contributed by atoms with E-state index in [2.05, 4.69) is 11.4 Å². The predicted molar refractivity (Wildman–Crippen MR) is 85.8 cm³/mol. The van der Waals surface area contributed by atoms with Crippen molar-refractivity contribution in [2.75, 3.05) is 13.2 Å². The molecule has 0 bridgehead atoms. The van der Waals surface area contributed by atoms with Crippen molar-refractivity contribution >= 4 is 18.0 Å². The first kappa shape index (κ1) is 16.1. The summed E-state index contributed by atoms with van der Waals surface area (Å²) in [5.41, 5.74) is 0.257. The SMILES string of the molecule is C[C@@](C#N)(NC(=O)COC(=O)C1=Cc2ccccc2OC1)C1CC1. The second-order valence-electron chi connectivity index (χ2n) is 6.21. The van der Waals surface area contributed by atoms with Crippen LogP contribution in [-0.4, -0.2) is 30.6 Å². The maximum Gasteiger partial charge on any atom is 0.338 e. The van der Waals surface area contributed by atoms with Crippen LogP contribution in [-0.2, 0) is 14.3 Å². The highest BCUT2D eigenvalue weighted by molar-refractivity contribution is 5.96. The monoisotopic (exact) mass is 326 g/mol. The summed E-state index contributed by atoms with van der Waals surface area (Å²) in [4.78, 5) is 24.0. The molecule has 124 valence electrons. The molecule has 0 saturated heterocycles. The highest BCUT2D eigenvalue weighted by Crippen LogP contribution is 2.39. The van der Waals surface area contributed by atoms with Gasteiger partial charge >= 0.3 is 5.97 Å². The Labute approximate surface area is 140 Å². The van der Waals surface area contributed by atoms with Crippen LogP contribution in [0.2, 0.25) is 0 Å². The average molecular weight is 326 g/mol. The van der Waals surface area contributed by atoms with Gasteiger partial charge < -0.3 is 14.8 Å². The smallest absolute Gasteiger partial charge is 0.338 e. The normalized spacial score (nSPS) is 18.1. The number of hydrogen-bond acceptors (Lipinski definition) is 5. The highest BCUT2D eigenvalue weighted by atomic mass is 16.5. The quantitative estimate of drug-likeness (QED) is 0.834. The van der Waals surface area contributed by atoms with E-state index in [0.29, 0.717) is 11.3 Å². The molecule has 1 amide bonds. The third-order valence-corrected chi connectivity index (χ3v) is 4.25. The first-order chi connectivity index (χ1) is 11.5. The van der Waals surface area contributed by atoms with Crippen molar-refractivity contribution in [1.82, 2.24) is 5.32 Å². The Morgan fingerprint density at radius 3 is 2.88 bits per heavy atom.